The molecule has 4 aromatic rings. The number of esters is 1. The van der Waals surface area contributed by atoms with Gasteiger partial charge in [0.15, 0.2) is 5.16 Å². The number of halogens is 1. The molecule has 0 spiro atoms. The number of furan rings is 1. The molecule has 0 bridgehead atoms. The fraction of sp³-hybridized carbons (Fsp3) is 0.150. The van der Waals surface area contributed by atoms with Gasteiger partial charge in [-0.15, -0.1) is 11.3 Å². The summed E-state index contributed by atoms with van der Waals surface area (Å²) in [5.41, 5.74) is 0.589. The van der Waals surface area contributed by atoms with Gasteiger partial charge in [0, 0.05) is 10.6 Å². The Morgan fingerprint density at radius 3 is 2.86 bits per heavy atom. The zero-order chi connectivity index (χ0) is 20.4. The van der Waals surface area contributed by atoms with Crippen LogP contribution in [-0.4, -0.2) is 22.6 Å². The van der Waals surface area contributed by atoms with Crippen molar-refractivity contribution in [3.63, 3.8) is 0 Å². The number of nitrogens with zero attached hydrogens (tertiary/aromatic N) is 2. The highest BCUT2D eigenvalue weighted by atomic mass is 35.5. The molecule has 0 N–H and O–H groups in total. The number of hydrogen-bond donors (Lipinski definition) is 0. The first kappa shape index (κ1) is 19.8. The van der Waals surface area contributed by atoms with Crippen LogP contribution in [0.1, 0.15) is 21.0 Å². The lowest BCUT2D eigenvalue weighted by Crippen LogP contribution is -2.24. The maximum atomic E-state index is 13.2. The van der Waals surface area contributed by atoms with Crippen molar-refractivity contribution >= 4 is 51.6 Å². The molecule has 0 saturated heterocycles. The summed E-state index contributed by atoms with van der Waals surface area (Å²) in [4.78, 5) is 30.8. The van der Waals surface area contributed by atoms with Crippen LogP contribution in [0, 0.1) is 0 Å². The first-order chi connectivity index (χ1) is 14.0. The Hall–Kier alpha value is -2.55. The number of rotatable bonds is 6. The summed E-state index contributed by atoms with van der Waals surface area (Å²) in [6.45, 7) is 0.265. The molecule has 3 heterocycles. The van der Waals surface area contributed by atoms with Crippen LogP contribution in [0.25, 0.3) is 10.9 Å². The van der Waals surface area contributed by atoms with Crippen molar-refractivity contribution in [3.8, 4) is 0 Å². The topological polar surface area (TPSA) is 74.3 Å². The molecule has 0 saturated carbocycles. The smallest absolute Gasteiger partial charge is 0.337 e. The van der Waals surface area contributed by atoms with E-state index in [-0.39, 0.29) is 12.1 Å². The lowest BCUT2D eigenvalue weighted by molar-refractivity contribution is 0.0601. The molecule has 0 amide bonds. The molecule has 9 heteroatoms. The Morgan fingerprint density at radius 2 is 2.17 bits per heavy atom. The number of hydrogen-bond acceptors (Lipinski definition) is 7. The minimum absolute atomic E-state index is 0.200. The van der Waals surface area contributed by atoms with Crippen molar-refractivity contribution in [1.29, 1.82) is 0 Å². The van der Waals surface area contributed by atoms with E-state index >= 15 is 0 Å². The first-order valence-corrected chi connectivity index (χ1v) is 10.8. The van der Waals surface area contributed by atoms with E-state index in [0.29, 0.717) is 37.5 Å². The molecule has 1 aromatic carbocycles. The second-order valence-electron chi connectivity index (χ2n) is 6.08. The Bertz CT molecular complexity index is 1230. The van der Waals surface area contributed by atoms with Crippen molar-refractivity contribution < 1.29 is 13.9 Å². The third-order valence-electron chi connectivity index (χ3n) is 4.21. The van der Waals surface area contributed by atoms with Gasteiger partial charge in [0.1, 0.15) is 5.76 Å². The molecule has 0 atom stereocenters. The van der Waals surface area contributed by atoms with E-state index < -0.39 is 5.97 Å². The summed E-state index contributed by atoms with van der Waals surface area (Å²) in [5, 5.41) is 0.957. The molecule has 0 unspecified atom stereocenters. The third kappa shape index (κ3) is 4.24. The number of methoxy groups -OCH3 is 1. The maximum Gasteiger partial charge on any atom is 0.337 e. The predicted molar refractivity (Wildman–Crippen MR) is 114 cm³/mol. The average Bonchev–Trinajstić information content (AvgIpc) is 3.39. The van der Waals surface area contributed by atoms with Gasteiger partial charge in [0.05, 0.1) is 40.7 Å². The van der Waals surface area contributed by atoms with E-state index in [4.69, 9.17) is 20.8 Å². The highest BCUT2D eigenvalue weighted by Gasteiger charge is 2.16. The highest BCUT2D eigenvalue weighted by molar-refractivity contribution is 7.98. The standard InChI is InChI=1S/C20H15ClN2O4S2/c1-26-19(25)12-4-6-15-16(9-12)22-20(28-11-14-5-7-17(21)29-14)23(18(15)24)10-13-3-2-8-27-13/h2-9H,10-11H2,1H3. The SMILES string of the molecule is COC(=O)c1ccc2c(=O)n(Cc3ccco3)c(SCc3ccc(Cl)s3)nc2c1. The monoisotopic (exact) mass is 446 g/mol. The van der Waals surface area contributed by atoms with Crippen molar-refractivity contribution in [2.24, 2.45) is 0 Å². The zero-order valence-corrected chi connectivity index (χ0v) is 17.6. The lowest BCUT2D eigenvalue weighted by Gasteiger charge is -2.12. The van der Waals surface area contributed by atoms with Crippen LogP contribution in [0.2, 0.25) is 4.34 Å². The number of benzene rings is 1. The quantitative estimate of drug-likeness (QED) is 0.240. The van der Waals surface area contributed by atoms with Crippen molar-refractivity contribution in [1.82, 2.24) is 9.55 Å². The van der Waals surface area contributed by atoms with Gasteiger partial charge in [-0.1, -0.05) is 23.4 Å². The van der Waals surface area contributed by atoms with E-state index in [0.717, 1.165) is 4.88 Å². The number of thiophene rings is 1. The second-order valence-corrected chi connectivity index (χ2v) is 8.83. The molecule has 0 aliphatic carbocycles. The minimum atomic E-state index is -0.476. The number of carbonyl (C=O) groups is 1. The number of carbonyl (C=O) groups excluding carboxylic acids is 1. The molecule has 4 rings (SSSR count). The van der Waals surface area contributed by atoms with Crippen LogP contribution in [0.5, 0.6) is 0 Å². The van der Waals surface area contributed by atoms with E-state index in [1.165, 1.54) is 30.2 Å². The van der Waals surface area contributed by atoms with Gasteiger partial charge in [0.25, 0.3) is 5.56 Å². The molecule has 0 radical (unpaired) electrons. The van der Waals surface area contributed by atoms with Gasteiger partial charge in [-0.3, -0.25) is 9.36 Å². The summed E-state index contributed by atoms with van der Waals surface area (Å²) in [6, 6.07) is 12.1. The molecule has 0 aliphatic rings. The molecular weight excluding hydrogens is 432 g/mol. The highest BCUT2D eigenvalue weighted by Crippen LogP contribution is 2.29. The second kappa shape index (κ2) is 8.44. The molecule has 6 nitrogen and oxygen atoms in total. The minimum Gasteiger partial charge on any atom is -0.467 e. The van der Waals surface area contributed by atoms with Gasteiger partial charge in [-0.05, 0) is 42.5 Å². The van der Waals surface area contributed by atoms with Gasteiger partial charge >= 0.3 is 5.97 Å². The Morgan fingerprint density at radius 1 is 1.31 bits per heavy atom. The van der Waals surface area contributed by atoms with E-state index in [1.54, 1.807) is 35.1 Å². The van der Waals surface area contributed by atoms with Crippen molar-refractivity contribution in [2.45, 2.75) is 17.5 Å². The number of ether oxygens (including phenoxy) is 1. The Labute approximate surface area is 179 Å². The first-order valence-electron chi connectivity index (χ1n) is 8.57. The summed E-state index contributed by atoms with van der Waals surface area (Å²) in [7, 11) is 1.31. The normalized spacial score (nSPS) is 11.1. The average molecular weight is 447 g/mol. The zero-order valence-electron chi connectivity index (χ0n) is 15.3. The van der Waals surface area contributed by atoms with Gasteiger partial charge in [-0.2, -0.15) is 0 Å². The maximum absolute atomic E-state index is 13.2. The fourth-order valence-corrected chi connectivity index (χ4v) is 4.95. The number of fused-ring (bicyclic) bond motifs is 1. The van der Waals surface area contributed by atoms with Crippen molar-refractivity contribution in [3.05, 3.63) is 79.6 Å². The number of aromatic nitrogens is 2. The van der Waals surface area contributed by atoms with Gasteiger partial charge < -0.3 is 9.15 Å². The van der Waals surface area contributed by atoms with Crippen LogP contribution in [0.15, 0.2) is 63.1 Å². The van der Waals surface area contributed by atoms with Gasteiger partial charge in [0.2, 0.25) is 0 Å². The van der Waals surface area contributed by atoms with E-state index in [1.807, 2.05) is 18.2 Å². The van der Waals surface area contributed by atoms with Crippen LogP contribution in [0.4, 0.5) is 0 Å². The molecular formula is C20H15ClN2O4S2. The van der Waals surface area contributed by atoms with Crippen LogP contribution >= 0.6 is 34.7 Å². The third-order valence-corrected chi connectivity index (χ3v) is 6.65. The predicted octanol–water partition coefficient (Wildman–Crippen LogP) is 4.83. The summed E-state index contributed by atoms with van der Waals surface area (Å²) in [5.74, 6) is 0.792. The Kier molecular flexibility index (Phi) is 5.75. The molecule has 148 valence electrons. The lowest BCUT2D eigenvalue weighted by atomic mass is 10.1. The molecule has 3 aromatic heterocycles. The van der Waals surface area contributed by atoms with E-state index in [2.05, 4.69) is 4.98 Å². The van der Waals surface area contributed by atoms with Crippen molar-refractivity contribution in [2.75, 3.05) is 7.11 Å². The summed E-state index contributed by atoms with van der Waals surface area (Å²) < 4.78 is 12.5. The van der Waals surface area contributed by atoms with Crippen LogP contribution in [-0.2, 0) is 17.0 Å². The molecule has 0 fully saturated rings. The summed E-state index contributed by atoms with van der Waals surface area (Å²) >= 11 is 8.93. The molecule has 0 aliphatic heterocycles. The van der Waals surface area contributed by atoms with E-state index in [9.17, 15) is 9.59 Å². The molecule has 29 heavy (non-hydrogen) atoms. The van der Waals surface area contributed by atoms with Gasteiger partial charge in [-0.25, -0.2) is 9.78 Å². The van der Waals surface area contributed by atoms with Crippen LogP contribution in [0.3, 0.4) is 0 Å². The Balaban J connectivity index is 1.79. The largest absolute Gasteiger partial charge is 0.467 e. The fourth-order valence-electron chi connectivity index (χ4n) is 2.82. The summed E-state index contributed by atoms with van der Waals surface area (Å²) in [6.07, 6.45) is 1.57. The van der Waals surface area contributed by atoms with Crippen LogP contribution < -0.4 is 5.56 Å². The number of thioether (sulfide) groups is 1.